The molecule has 2 fully saturated rings. The van der Waals surface area contributed by atoms with Crippen LogP contribution in [-0.2, 0) is 0 Å². The Morgan fingerprint density at radius 1 is 1.12 bits per heavy atom. The van der Waals surface area contributed by atoms with Gasteiger partial charge in [-0.25, -0.2) is 0 Å². The molecule has 2 nitrogen and oxygen atoms in total. The molecular weight excluding hydrogens is 196 g/mol. The van der Waals surface area contributed by atoms with Crippen LogP contribution in [0.1, 0.15) is 52.4 Å². The van der Waals surface area contributed by atoms with Crippen molar-refractivity contribution < 1.29 is 0 Å². The maximum atomic E-state index is 6.22. The predicted octanol–water partition coefficient (Wildman–Crippen LogP) is 2.53. The molecule has 2 aliphatic carbocycles. The lowest BCUT2D eigenvalue weighted by molar-refractivity contribution is 0.367. The zero-order chi connectivity index (χ0) is 11.6. The average molecular weight is 224 g/mol. The van der Waals surface area contributed by atoms with Crippen LogP contribution in [0.5, 0.6) is 0 Å². The standard InChI is InChI=1S/C14H28N2/c1-14(2)8-12(14)10-16-9-11-6-4-3-5-7-13(11)15/h11-13,16H,3-10,15H2,1-2H3. The van der Waals surface area contributed by atoms with E-state index in [1.54, 1.807) is 0 Å². The summed E-state index contributed by atoms with van der Waals surface area (Å²) in [4.78, 5) is 0. The molecule has 0 aromatic heterocycles. The number of hydrogen-bond acceptors (Lipinski definition) is 2. The molecule has 2 heteroatoms. The van der Waals surface area contributed by atoms with Gasteiger partial charge in [-0.1, -0.05) is 33.1 Å². The van der Waals surface area contributed by atoms with Crippen molar-refractivity contribution in [2.45, 2.75) is 58.4 Å². The molecule has 0 bridgehead atoms. The number of rotatable bonds is 4. The maximum absolute atomic E-state index is 6.22. The van der Waals surface area contributed by atoms with Gasteiger partial charge in [-0.05, 0) is 49.6 Å². The molecule has 3 atom stereocenters. The molecule has 3 N–H and O–H groups in total. The fourth-order valence-corrected chi connectivity index (χ4v) is 3.03. The highest BCUT2D eigenvalue weighted by Gasteiger charge is 2.44. The Bertz CT molecular complexity index is 225. The molecule has 0 aromatic rings. The Balaban J connectivity index is 1.64. The van der Waals surface area contributed by atoms with Gasteiger partial charge in [0.05, 0.1) is 0 Å². The smallest absolute Gasteiger partial charge is 0.00792 e. The van der Waals surface area contributed by atoms with Crippen LogP contribution in [0.15, 0.2) is 0 Å². The normalized spacial score (nSPS) is 38.1. The van der Waals surface area contributed by atoms with Crippen LogP contribution in [0.25, 0.3) is 0 Å². The van der Waals surface area contributed by atoms with E-state index in [4.69, 9.17) is 5.73 Å². The fourth-order valence-electron chi connectivity index (χ4n) is 3.03. The molecule has 0 aromatic carbocycles. The summed E-state index contributed by atoms with van der Waals surface area (Å²) in [6.45, 7) is 7.09. The van der Waals surface area contributed by atoms with E-state index in [0.29, 0.717) is 11.5 Å². The second kappa shape index (κ2) is 5.05. The van der Waals surface area contributed by atoms with Gasteiger partial charge < -0.3 is 11.1 Å². The Morgan fingerprint density at radius 3 is 2.50 bits per heavy atom. The van der Waals surface area contributed by atoms with Gasteiger partial charge in [0, 0.05) is 6.04 Å². The molecule has 0 spiro atoms. The van der Waals surface area contributed by atoms with E-state index in [1.807, 2.05) is 0 Å². The monoisotopic (exact) mass is 224 g/mol. The fraction of sp³-hybridized carbons (Fsp3) is 1.00. The first-order valence-electron chi connectivity index (χ1n) is 7.06. The second-order valence-electron chi connectivity index (χ2n) is 6.61. The highest BCUT2D eigenvalue weighted by molar-refractivity contribution is 4.96. The van der Waals surface area contributed by atoms with E-state index in [1.165, 1.54) is 45.1 Å². The molecule has 3 unspecified atom stereocenters. The van der Waals surface area contributed by atoms with Crippen molar-refractivity contribution in [1.82, 2.24) is 5.32 Å². The number of hydrogen-bond donors (Lipinski definition) is 2. The Kier molecular flexibility index (Phi) is 3.91. The van der Waals surface area contributed by atoms with Crippen molar-refractivity contribution in [2.75, 3.05) is 13.1 Å². The van der Waals surface area contributed by atoms with E-state index in [9.17, 15) is 0 Å². The van der Waals surface area contributed by atoms with Crippen LogP contribution < -0.4 is 11.1 Å². The van der Waals surface area contributed by atoms with Gasteiger partial charge in [0.1, 0.15) is 0 Å². The van der Waals surface area contributed by atoms with Crippen LogP contribution in [0.2, 0.25) is 0 Å². The summed E-state index contributed by atoms with van der Waals surface area (Å²) in [5.74, 6) is 1.64. The van der Waals surface area contributed by atoms with Crippen molar-refractivity contribution >= 4 is 0 Å². The van der Waals surface area contributed by atoms with Gasteiger partial charge in [0.2, 0.25) is 0 Å². The van der Waals surface area contributed by atoms with Crippen molar-refractivity contribution in [3.8, 4) is 0 Å². The highest BCUT2D eigenvalue weighted by atomic mass is 14.9. The maximum Gasteiger partial charge on any atom is 0.00792 e. The van der Waals surface area contributed by atoms with Gasteiger partial charge >= 0.3 is 0 Å². The molecule has 0 heterocycles. The minimum atomic E-state index is 0.446. The summed E-state index contributed by atoms with van der Waals surface area (Å²) in [5, 5.41) is 3.65. The van der Waals surface area contributed by atoms with Crippen LogP contribution in [0.4, 0.5) is 0 Å². The largest absolute Gasteiger partial charge is 0.327 e. The van der Waals surface area contributed by atoms with Gasteiger partial charge in [-0.3, -0.25) is 0 Å². The molecule has 0 radical (unpaired) electrons. The Labute approximate surface area is 100 Å². The minimum absolute atomic E-state index is 0.446. The molecule has 2 aliphatic rings. The molecular formula is C14H28N2. The topological polar surface area (TPSA) is 38.0 Å². The number of nitrogens with two attached hydrogens (primary N) is 1. The second-order valence-corrected chi connectivity index (χ2v) is 6.61. The summed E-state index contributed by atoms with van der Waals surface area (Å²) in [5.41, 5.74) is 6.83. The lowest BCUT2D eigenvalue weighted by Crippen LogP contribution is -2.37. The molecule has 94 valence electrons. The van der Waals surface area contributed by atoms with Crippen molar-refractivity contribution in [3.63, 3.8) is 0 Å². The van der Waals surface area contributed by atoms with Crippen LogP contribution in [0, 0.1) is 17.3 Å². The third-order valence-corrected chi connectivity index (χ3v) is 4.73. The third-order valence-electron chi connectivity index (χ3n) is 4.73. The zero-order valence-electron chi connectivity index (χ0n) is 11.0. The van der Waals surface area contributed by atoms with Crippen LogP contribution >= 0.6 is 0 Å². The van der Waals surface area contributed by atoms with Gasteiger partial charge in [0.25, 0.3) is 0 Å². The van der Waals surface area contributed by atoms with E-state index in [2.05, 4.69) is 19.2 Å². The minimum Gasteiger partial charge on any atom is -0.327 e. The summed E-state index contributed by atoms with van der Waals surface area (Å²) in [6.07, 6.45) is 8.09. The van der Waals surface area contributed by atoms with Crippen LogP contribution in [-0.4, -0.2) is 19.1 Å². The molecule has 2 saturated carbocycles. The quantitative estimate of drug-likeness (QED) is 0.720. The number of nitrogens with one attached hydrogen (secondary N) is 1. The zero-order valence-corrected chi connectivity index (χ0v) is 11.0. The van der Waals surface area contributed by atoms with Crippen molar-refractivity contribution in [1.29, 1.82) is 0 Å². The molecule has 0 aliphatic heterocycles. The SMILES string of the molecule is CC1(C)CC1CNCC1CCCCCC1N. The van der Waals surface area contributed by atoms with E-state index in [-0.39, 0.29) is 0 Å². The molecule has 0 saturated heterocycles. The van der Waals surface area contributed by atoms with Gasteiger partial charge in [-0.15, -0.1) is 0 Å². The first kappa shape index (κ1) is 12.4. The lowest BCUT2D eigenvalue weighted by atomic mass is 9.95. The first-order chi connectivity index (χ1) is 7.59. The summed E-state index contributed by atoms with van der Waals surface area (Å²) < 4.78 is 0. The summed E-state index contributed by atoms with van der Waals surface area (Å²) in [7, 11) is 0. The molecule has 16 heavy (non-hydrogen) atoms. The Morgan fingerprint density at radius 2 is 1.81 bits per heavy atom. The van der Waals surface area contributed by atoms with Gasteiger partial charge in [-0.2, -0.15) is 0 Å². The average Bonchev–Trinajstić information content (AvgIpc) is 2.87. The Hall–Kier alpha value is -0.0800. The van der Waals surface area contributed by atoms with E-state index in [0.717, 1.165) is 18.4 Å². The van der Waals surface area contributed by atoms with Crippen molar-refractivity contribution in [3.05, 3.63) is 0 Å². The van der Waals surface area contributed by atoms with E-state index >= 15 is 0 Å². The molecule has 0 amide bonds. The first-order valence-corrected chi connectivity index (χ1v) is 7.06. The van der Waals surface area contributed by atoms with Gasteiger partial charge in [0.15, 0.2) is 0 Å². The summed E-state index contributed by atoms with van der Waals surface area (Å²) >= 11 is 0. The van der Waals surface area contributed by atoms with Crippen molar-refractivity contribution in [2.24, 2.45) is 23.0 Å². The van der Waals surface area contributed by atoms with Crippen LogP contribution in [0.3, 0.4) is 0 Å². The third kappa shape index (κ3) is 3.21. The summed E-state index contributed by atoms with van der Waals surface area (Å²) in [6, 6.07) is 0.446. The lowest BCUT2D eigenvalue weighted by Gasteiger charge is -2.21. The molecule has 2 rings (SSSR count). The predicted molar refractivity (Wildman–Crippen MR) is 69.3 cm³/mol. The highest BCUT2D eigenvalue weighted by Crippen LogP contribution is 2.50. The van der Waals surface area contributed by atoms with E-state index < -0.39 is 0 Å².